The SMILES string of the molecule is O=C(O)c1ccc(Cl)nc1NCCCC1CC1. The van der Waals surface area contributed by atoms with E-state index in [0.29, 0.717) is 11.0 Å². The topological polar surface area (TPSA) is 62.2 Å². The summed E-state index contributed by atoms with van der Waals surface area (Å²) in [6, 6.07) is 2.96. The van der Waals surface area contributed by atoms with Gasteiger partial charge in [-0.05, 0) is 30.9 Å². The molecule has 1 saturated carbocycles. The van der Waals surface area contributed by atoms with Gasteiger partial charge in [0.1, 0.15) is 16.5 Å². The van der Waals surface area contributed by atoms with Gasteiger partial charge in [-0.2, -0.15) is 0 Å². The third-order valence-corrected chi connectivity index (χ3v) is 3.08. The van der Waals surface area contributed by atoms with Crippen LogP contribution < -0.4 is 5.32 Å². The molecule has 1 aliphatic carbocycles. The second-order valence-electron chi connectivity index (χ2n) is 4.35. The summed E-state index contributed by atoms with van der Waals surface area (Å²) in [5.74, 6) is 0.266. The molecule has 0 atom stereocenters. The number of carboxylic acid groups (broad SMARTS) is 1. The van der Waals surface area contributed by atoms with Crippen LogP contribution in [0.4, 0.5) is 5.82 Å². The number of aromatic carboxylic acids is 1. The lowest BCUT2D eigenvalue weighted by Crippen LogP contribution is -2.09. The number of pyridine rings is 1. The second-order valence-corrected chi connectivity index (χ2v) is 4.73. The molecule has 1 heterocycles. The Hall–Kier alpha value is -1.29. The minimum Gasteiger partial charge on any atom is -0.478 e. The normalized spacial score (nSPS) is 14.6. The van der Waals surface area contributed by atoms with Crippen LogP contribution in [-0.4, -0.2) is 22.6 Å². The summed E-state index contributed by atoms with van der Waals surface area (Å²) in [7, 11) is 0. The van der Waals surface area contributed by atoms with Crippen LogP contribution in [0.2, 0.25) is 5.15 Å². The zero-order valence-corrected chi connectivity index (χ0v) is 10.2. The molecule has 0 radical (unpaired) electrons. The molecule has 17 heavy (non-hydrogen) atoms. The van der Waals surface area contributed by atoms with E-state index in [1.807, 2.05) is 0 Å². The average Bonchev–Trinajstić information content (AvgIpc) is 3.08. The molecule has 0 aromatic carbocycles. The molecule has 0 aliphatic heterocycles. The van der Waals surface area contributed by atoms with Crippen molar-refractivity contribution in [1.82, 2.24) is 4.98 Å². The van der Waals surface area contributed by atoms with Crippen molar-refractivity contribution in [1.29, 1.82) is 0 Å². The molecule has 1 fully saturated rings. The molecular formula is C12H15ClN2O2. The van der Waals surface area contributed by atoms with E-state index in [1.165, 1.54) is 31.4 Å². The summed E-state index contributed by atoms with van der Waals surface area (Å²) in [6.07, 6.45) is 4.93. The highest BCUT2D eigenvalue weighted by Crippen LogP contribution is 2.33. The Morgan fingerprint density at radius 2 is 2.29 bits per heavy atom. The lowest BCUT2D eigenvalue weighted by molar-refractivity contribution is 0.0697. The summed E-state index contributed by atoms with van der Waals surface area (Å²) >= 11 is 5.75. The van der Waals surface area contributed by atoms with Crippen LogP contribution in [0.25, 0.3) is 0 Å². The summed E-state index contributed by atoms with van der Waals surface area (Å²) in [5.41, 5.74) is 0.167. The lowest BCUT2D eigenvalue weighted by atomic mass is 10.2. The van der Waals surface area contributed by atoms with E-state index in [9.17, 15) is 4.79 Å². The van der Waals surface area contributed by atoms with Crippen molar-refractivity contribution in [3.05, 3.63) is 22.8 Å². The Balaban J connectivity index is 1.92. The highest BCUT2D eigenvalue weighted by Gasteiger charge is 2.20. The Morgan fingerprint density at radius 1 is 1.53 bits per heavy atom. The molecule has 5 heteroatoms. The molecule has 0 unspecified atom stereocenters. The number of carbonyl (C=O) groups is 1. The van der Waals surface area contributed by atoms with Crippen LogP contribution in [0.5, 0.6) is 0 Å². The molecule has 1 aromatic heterocycles. The van der Waals surface area contributed by atoms with Gasteiger partial charge in [-0.15, -0.1) is 0 Å². The fraction of sp³-hybridized carbons (Fsp3) is 0.500. The van der Waals surface area contributed by atoms with Crippen LogP contribution in [-0.2, 0) is 0 Å². The molecule has 4 nitrogen and oxygen atoms in total. The first kappa shape index (κ1) is 12.2. The maximum absolute atomic E-state index is 11.0. The number of nitrogens with zero attached hydrogens (tertiary/aromatic N) is 1. The van der Waals surface area contributed by atoms with Crippen molar-refractivity contribution < 1.29 is 9.90 Å². The first-order chi connectivity index (χ1) is 8.16. The Bertz CT molecular complexity index is 419. The van der Waals surface area contributed by atoms with Crippen LogP contribution in [0.15, 0.2) is 12.1 Å². The van der Waals surface area contributed by atoms with Crippen LogP contribution in [0, 0.1) is 5.92 Å². The fourth-order valence-electron chi connectivity index (χ4n) is 1.75. The molecule has 92 valence electrons. The van der Waals surface area contributed by atoms with Gasteiger partial charge in [0.25, 0.3) is 0 Å². The monoisotopic (exact) mass is 254 g/mol. The smallest absolute Gasteiger partial charge is 0.339 e. The van der Waals surface area contributed by atoms with E-state index in [4.69, 9.17) is 16.7 Å². The maximum atomic E-state index is 11.0. The molecule has 0 saturated heterocycles. The number of halogens is 1. The van der Waals surface area contributed by atoms with Crippen LogP contribution in [0.1, 0.15) is 36.0 Å². The average molecular weight is 255 g/mol. The molecule has 1 aromatic rings. The van der Waals surface area contributed by atoms with E-state index in [2.05, 4.69) is 10.3 Å². The Kier molecular flexibility index (Phi) is 3.84. The number of aromatic nitrogens is 1. The first-order valence-electron chi connectivity index (χ1n) is 5.80. The number of carboxylic acids is 1. The van der Waals surface area contributed by atoms with E-state index in [-0.39, 0.29) is 5.56 Å². The third-order valence-electron chi connectivity index (χ3n) is 2.87. The number of anilines is 1. The number of hydrogen-bond acceptors (Lipinski definition) is 3. The van der Waals surface area contributed by atoms with Gasteiger partial charge in [0.15, 0.2) is 0 Å². The van der Waals surface area contributed by atoms with Crippen molar-refractivity contribution in [3.8, 4) is 0 Å². The molecule has 0 bridgehead atoms. The van der Waals surface area contributed by atoms with Gasteiger partial charge in [-0.3, -0.25) is 0 Å². The Labute approximate surface area is 105 Å². The van der Waals surface area contributed by atoms with Crippen LogP contribution >= 0.6 is 11.6 Å². The molecular weight excluding hydrogens is 240 g/mol. The van der Waals surface area contributed by atoms with Gasteiger partial charge >= 0.3 is 5.97 Å². The van der Waals surface area contributed by atoms with Crippen LogP contribution in [0.3, 0.4) is 0 Å². The second kappa shape index (κ2) is 5.36. The van der Waals surface area contributed by atoms with Crippen molar-refractivity contribution in [3.63, 3.8) is 0 Å². The highest BCUT2D eigenvalue weighted by molar-refractivity contribution is 6.29. The largest absolute Gasteiger partial charge is 0.478 e. The molecule has 0 spiro atoms. The minimum atomic E-state index is -0.987. The minimum absolute atomic E-state index is 0.167. The van der Waals surface area contributed by atoms with E-state index in [0.717, 1.165) is 18.9 Å². The summed E-state index contributed by atoms with van der Waals surface area (Å²) in [5, 5.41) is 12.3. The molecule has 1 aliphatic rings. The first-order valence-corrected chi connectivity index (χ1v) is 6.18. The van der Waals surface area contributed by atoms with Gasteiger partial charge in [0.2, 0.25) is 0 Å². The summed E-state index contributed by atoms with van der Waals surface area (Å²) < 4.78 is 0. The van der Waals surface area contributed by atoms with Crippen molar-refractivity contribution >= 4 is 23.4 Å². The van der Waals surface area contributed by atoms with Gasteiger partial charge in [0.05, 0.1) is 0 Å². The molecule has 2 rings (SSSR count). The zero-order valence-electron chi connectivity index (χ0n) is 9.45. The summed E-state index contributed by atoms with van der Waals surface area (Å²) in [4.78, 5) is 15.0. The molecule has 0 amide bonds. The predicted molar refractivity (Wildman–Crippen MR) is 66.7 cm³/mol. The lowest BCUT2D eigenvalue weighted by Gasteiger charge is -2.08. The van der Waals surface area contributed by atoms with Gasteiger partial charge in [-0.1, -0.05) is 24.4 Å². The van der Waals surface area contributed by atoms with Crippen molar-refractivity contribution in [2.45, 2.75) is 25.7 Å². The zero-order chi connectivity index (χ0) is 12.3. The maximum Gasteiger partial charge on any atom is 0.339 e. The third kappa shape index (κ3) is 3.60. The van der Waals surface area contributed by atoms with Crippen molar-refractivity contribution in [2.75, 3.05) is 11.9 Å². The fourth-order valence-corrected chi connectivity index (χ4v) is 1.89. The Morgan fingerprint density at radius 3 is 2.94 bits per heavy atom. The van der Waals surface area contributed by atoms with Gasteiger partial charge < -0.3 is 10.4 Å². The standard InChI is InChI=1S/C12H15ClN2O2/c13-10-6-5-9(12(16)17)11(15-10)14-7-1-2-8-3-4-8/h5-6,8H,1-4,7H2,(H,14,15)(H,16,17). The van der Waals surface area contributed by atoms with E-state index >= 15 is 0 Å². The number of nitrogens with one attached hydrogen (secondary N) is 1. The van der Waals surface area contributed by atoms with E-state index < -0.39 is 5.97 Å². The van der Waals surface area contributed by atoms with Gasteiger partial charge in [-0.25, -0.2) is 9.78 Å². The quantitative estimate of drug-likeness (QED) is 0.605. The summed E-state index contributed by atoms with van der Waals surface area (Å²) in [6.45, 7) is 0.740. The molecule has 2 N–H and O–H groups in total. The predicted octanol–water partition coefficient (Wildman–Crippen LogP) is 3.04. The van der Waals surface area contributed by atoms with Crippen molar-refractivity contribution in [2.24, 2.45) is 5.92 Å². The number of hydrogen-bond donors (Lipinski definition) is 2. The highest BCUT2D eigenvalue weighted by atomic mass is 35.5. The van der Waals surface area contributed by atoms with E-state index in [1.54, 1.807) is 0 Å². The van der Waals surface area contributed by atoms with Gasteiger partial charge in [0, 0.05) is 6.54 Å². The number of rotatable bonds is 6.